The Morgan fingerprint density at radius 3 is 2.35 bits per heavy atom. The van der Waals surface area contributed by atoms with E-state index in [1.165, 1.54) is 36.4 Å². The van der Waals surface area contributed by atoms with Crippen LogP contribution in [0.2, 0.25) is 0 Å². The summed E-state index contributed by atoms with van der Waals surface area (Å²) >= 11 is 0. The van der Waals surface area contributed by atoms with Crippen molar-refractivity contribution in [3.05, 3.63) is 53.8 Å². The molecule has 2 aromatic carbocycles. The van der Waals surface area contributed by atoms with Gasteiger partial charge < -0.3 is 10.5 Å². The first-order valence-corrected chi connectivity index (χ1v) is 7.76. The maximum absolute atomic E-state index is 13.5. The van der Waals surface area contributed by atoms with Crippen LogP contribution in [0.25, 0.3) is 0 Å². The Morgan fingerprint density at radius 1 is 1.15 bits per heavy atom. The van der Waals surface area contributed by atoms with Crippen molar-refractivity contribution in [2.75, 3.05) is 6.26 Å². The molecular weight excluding hydrogens is 281 g/mol. The lowest BCUT2D eigenvalue weighted by Gasteiger charge is -2.11. The van der Waals surface area contributed by atoms with Gasteiger partial charge >= 0.3 is 0 Å². The maximum atomic E-state index is 13.5. The Labute approximate surface area is 116 Å². The zero-order valence-corrected chi connectivity index (χ0v) is 11.7. The molecule has 0 saturated carbocycles. The van der Waals surface area contributed by atoms with Gasteiger partial charge in [0.2, 0.25) is 0 Å². The van der Waals surface area contributed by atoms with Gasteiger partial charge in [-0.25, -0.2) is 12.8 Å². The number of halogens is 1. The number of nitrogens with two attached hydrogens (primary N) is 1. The molecule has 0 saturated heterocycles. The van der Waals surface area contributed by atoms with Crippen LogP contribution in [0.4, 0.5) is 4.39 Å². The van der Waals surface area contributed by atoms with E-state index in [9.17, 15) is 12.8 Å². The molecule has 0 bridgehead atoms. The summed E-state index contributed by atoms with van der Waals surface area (Å²) in [5.41, 5.74) is 5.76. The molecule has 0 aliphatic rings. The molecule has 0 unspecified atom stereocenters. The summed E-state index contributed by atoms with van der Waals surface area (Å²) in [4.78, 5) is 0.197. The van der Waals surface area contributed by atoms with E-state index in [1.807, 2.05) is 0 Å². The summed E-state index contributed by atoms with van der Waals surface area (Å²) < 4.78 is 41.7. The largest absolute Gasteiger partial charge is 0.457 e. The number of sulfone groups is 1. The Balaban J connectivity index is 2.29. The molecule has 0 heterocycles. The molecular formula is C14H14FNO3S. The quantitative estimate of drug-likeness (QED) is 0.940. The minimum absolute atomic E-state index is 0.0173. The van der Waals surface area contributed by atoms with Gasteiger partial charge in [-0.15, -0.1) is 0 Å². The molecule has 20 heavy (non-hydrogen) atoms. The second kappa shape index (κ2) is 5.60. The average Bonchev–Trinajstić information content (AvgIpc) is 2.38. The highest BCUT2D eigenvalue weighted by Crippen LogP contribution is 2.27. The Hall–Kier alpha value is -1.92. The molecule has 2 aromatic rings. The van der Waals surface area contributed by atoms with Gasteiger partial charge in [-0.2, -0.15) is 0 Å². The Morgan fingerprint density at radius 2 is 1.80 bits per heavy atom. The first-order chi connectivity index (χ1) is 9.41. The second-order valence-corrected chi connectivity index (χ2v) is 6.28. The SMILES string of the molecule is CS(=O)(=O)c1ccc(Oc2cccc(F)c2CN)cc1. The smallest absolute Gasteiger partial charge is 0.175 e. The molecule has 2 rings (SSSR count). The van der Waals surface area contributed by atoms with Gasteiger partial charge in [-0.3, -0.25) is 0 Å². The molecule has 0 radical (unpaired) electrons. The van der Waals surface area contributed by atoms with Crippen LogP contribution >= 0.6 is 0 Å². The highest BCUT2D eigenvalue weighted by Gasteiger charge is 2.10. The number of hydrogen-bond acceptors (Lipinski definition) is 4. The van der Waals surface area contributed by atoms with Crippen LogP contribution in [-0.4, -0.2) is 14.7 Å². The van der Waals surface area contributed by atoms with Crippen LogP contribution < -0.4 is 10.5 Å². The first kappa shape index (κ1) is 14.5. The van der Waals surface area contributed by atoms with E-state index in [2.05, 4.69) is 0 Å². The average molecular weight is 295 g/mol. The molecule has 0 aromatic heterocycles. The van der Waals surface area contributed by atoms with Crippen LogP contribution in [0.3, 0.4) is 0 Å². The minimum atomic E-state index is -3.25. The van der Waals surface area contributed by atoms with Crippen molar-refractivity contribution < 1.29 is 17.5 Å². The molecule has 0 aliphatic carbocycles. The van der Waals surface area contributed by atoms with Crippen molar-refractivity contribution in [3.63, 3.8) is 0 Å². The molecule has 2 N–H and O–H groups in total. The van der Waals surface area contributed by atoms with Crippen molar-refractivity contribution in [2.24, 2.45) is 5.73 Å². The molecule has 6 heteroatoms. The molecule has 0 aliphatic heterocycles. The maximum Gasteiger partial charge on any atom is 0.175 e. The van der Waals surface area contributed by atoms with Gasteiger partial charge in [0.05, 0.1) is 4.90 Å². The summed E-state index contributed by atoms with van der Waals surface area (Å²) in [5.74, 6) is 0.301. The lowest BCUT2D eigenvalue weighted by atomic mass is 10.2. The predicted octanol–water partition coefficient (Wildman–Crippen LogP) is 2.48. The van der Waals surface area contributed by atoms with E-state index >= 15 is 0 Å². The molecule has 0 fully saturated rings. The fourth-order valence-corrected chi connectivity index (χ4v) is 2.34. The first-order valence-electron chi connectivity index (χ1n) is 5.87. The van der Waals surface area contributed by atoms with Gasteiger partial charge in [0.25, 0.3) is 0 Å². The lowest BCUT2D eigenvalue weighted by Crippen LogP contribution is -2.02. The molecule has 0 spiro atoms. The van der Waals surface area contributed by atoms with E-state index in [0.717, 1.165) is 6.26 Å². The summed E-state index contributed by atoms with van der Waals surface area (Å²) in [6, 6.07) is 10.3. The number of benzene rings is 2. The van der Waals surface area contributed by atoms with Gasteiger partial charge in [-0.05, 0) is 36.4 Å². The summed E-state index contributed by atoms with van der Waals surface area (Å²) in [7, 11) is -3.25. The van der Waals surface area contributed by atoms with E-state index in [1.54, 1.807) is 6.07 Å². The summed E-state index contributed by atoms with van der Waals surface area (Å²) in [6.45, 7) is 0.0173. The van der Waals surface area contributed by atoms with Gasteiger partial charge in [0, 0.05) is 18.4 Å². The van der Waals surface area contributed by atoms with Crippen molar-refractivity contribution >= 4 is 9.84 Å². The van der Waals surface area contributed by atoms with Crippen LogP contribution in [0.5, 0.6) is 11.5 Å². The Bertz CT molecular complexity index is 712. The van der Waals surface area contributed by atoms with Crippen molar-refractivity contribution in [2.45, 2.75) is 11.4 Å². The summed E-state index contributed by atoms with van der Waals surface area (Å²) in [6.07, 6.45) is 1.13. The molecule has 4 nitrogen and oxygen atoms in total. The summed E-state index contributed by atoms with van der Waals surface area (Å²) in [5, 5.41) is 0. The Kier molecular flexibility index (Phi) is 4.06. The van der Waals surface area contributed by atoms with Gasteiger partial charge in [0.1, 0.15) is 17.3 Å². The van der Waals surface area contributed by atoms with Crippen molar-refractivity contribution in [1.82, 2.24) is 0 Å². The molecule has 0 atom stereocenters. The van der Waals surface area contributed by atoms with Crippen molar-refractivity contribution in [3.8, 4) is 11.5 Å². The van der Waals surface area contributed by atoms with E-state index in [4.69, 9.17) is 10.5 Å². The van der Waals surface area contributed by atoms with Crippen molar-refractivity contribution in [1.29, 1.82) is 0 Å². The minimum Gasteiger partial charge on any atom is -0.457 e. The predicted molar refractivity (Wildman–Crippen MR) is 73.9 cm³/mol. The third-order valence-electron chi connectivity index (χ3n) is 2.76. The van der Waals surface area contributed by atoms with Crippen LogP contribution in [0, 0.1) is 5.82 Å². The monoisotopic (exact) mass is 295 g/mol. The lowest BCUT2D eigenvalue weighted by molar-refractivity contribution is 0.467. The van der Waals surface area contributed by atoms with Crippen LogP contribution in [0.15, 0.2) is 47.4 Å². The van der Waals surface area contributed by atoms with Gasteiger partial charge in [0.15, 0.2) is 9.84 Å². The third kappa shape index (κ3) is 3.15. The topological polar surface area (TPSA) is 69.4 Å². The highest BCUT2D eigenvalue weighted by molar-refractivity contribution is 7.90. The third-order valence-corrected chi connectivity index (χ3v) is 3.89. The van der Waals surface area contributed by atoms with E-state index in [-0.39, 0.29) is 17.0 Å². The number of hydrogen-bond donors (Lipinski definition) is 1. The highest BCUT2D eigenvalue weighted by atomic mass is 32.2. The molecule has 0 amide bonds. The van der Waals surface area contributed by atoms with Crippen LogP contribution in [0.1, 0.15) is 5.56 Å². The van der Waals surface area contributed by atoms with E-state index in [0.29, 0.717) is 11.5 Å². The fraction of sp³-hybridized carbons (Fsp3) is 0.143. The second-order valence-electron chi connectivity index (χ2n) is 4.27. The fourth-order valence-electron chi connectivity index (χ4n) is 1.71. The molecule has 106 valence electrons. The number of ether oxygens (including phenoxy) is 1. The zero-order chi connectivity index (χ0) is 14.8. The van der Waals surface area contributed by atoms with Crippen LogP contribution in [-0.2, 0) is 16.4 Å². The zero-order valence-electron chi connectivity index (χ0n) is 10.8. The van der Waals surface area contributed by atoms with Gasteiger partial charge in [-0.1, -0.05) is 6.07 Å². The van der Waals surface area contributed by atoms with E-state index < -0.39 is 15.7 Å². The number of rotatable bonds is 4. The normalized spacial score (nSPS) is 11.3. The standard InChI is InChI=1S/C14H14FNO3S/c1-20(17,18)11-7-5-10(6-8-11)19-14-4-2-3-13(15)12(14)9-16/h2-8H,9,16H2,1H3.